The molecule has 0 saturated heterocycles. The average molecular weight is 290 g/mol. The van der Waals surface area contributed by atoms with Gasteiger partial charge in [-0.05, 0) is 44.0 Å². The molecule has 0 fully saturated rings. The van der Waals surface area contributed by atoms with Crippen LogP contribution in [0.2, 0.25) is 0 Å². The normalized spacial score (nSPS) is 11.8. The van der Waals surface area contributed by atoms with E-state index in [2.05, 4.69) is 17.6 Å². The van der Waals surface area contributed by atoms with Crippen LogP contribution in [0.1, 0.15) is 63.2 Å². The molecule has 0 aliphatic carbocycles. The zero-order chi connectivity index (χ0) is 15.7. The van der Waals surface area contributed by atoms with Gasteiger partial charge in [0.2, 0.25) is 5.91 Å². The van der Waals surface area contributed by atoms with E-state index in [1.54, 1.807) is 24.3 Å². The molecule has 1 unspecified atom stereocenters. The Bertz CT molecular complexity index is 454. The third-order valence-electron chi connectivity index (χ3n) is 3.43. The molecule has 1 rings (SSSR count). The summed E-state index contributed by atoms with van der Waals surface area (Å²) in [6.07, 6.45) is 4.54. The molecule has 0 spiro atoms. The van der Waals surface area contributed by atoms with Crippen molar-refractivity contribution in [1.29, 1.82) is 0 Å². The Labute approximate surface area is 127 Å². The molecule has 4 heteroatoms. The number of rotatable bonds is 8. The predicted octanol–water partition coefficient (Wildman–Crippen LogP) is 3.73. The Hall–Kier alpha value is -1.84. The Morgan fingerprint density at radius 3 is 2.33 bits per heavy atom. The summed E-state index contributed by atoms with van der Waals surface area (Å²) in [6, 6.07) is 7.17. The molecule has 0 saturated carbocycles. The largest absolute Gasteiger partial charge is 0.350 e. The second kappa shape index (κ2) is 9.16. The number of carbonyl (C=O) groups is 2. The maximum atomic E-state index is 11.9. The highest BCUT2D eigenvalue weighted by Crippen LogP contribution is 2.11. The van der Waals surface area contributed by atoms with Crippen LogP contribution in [0.15, 0.2) is 24.3 Å². The van der Waals surface area contributed by atoms with Crippen molar-refractivity contribution in [3.05, 3.63) is 29.8 Å². The lowest BCUT2D eigenvalue weighted by Crippen LogP contribution is -2.31. The van der Waals surface area contributed by atoms with Crippen molar-refractivity contribution < 1.29 is 9.59 Å². The Morgan fingerprint density at radius 1 is 1.10 bits per heavy atom. The number of unbranched alkanes of at least 4 members (excludes halogenated alkanes) is 2. The highest BCUT2D eigenvalue weighted by atomic mass is 16.2. The van der Waals surface area contributed by atoms with Crippen LogP contribution in [0.4, 0.5) is 5.69 Å². The molecule has 1 aromatic carbocycles. The van der Waals surface area contributed by atoms with Gasteiger partial charge in [0.15, 0.2) is 0 Å². The van der Waals surface area contributed by atoms with Crippen LogP contribution >= 0.6 is 0 Å². The number of anilines is 1. The Balaban J connectivity index is 2.50. The summed E-state index contributed by atoms with van der Waals surface area (Å²) in [5.74, 6) is -0.0505. The lowest BCUT2D eigenvalue weighted by atomic mass is 10.1. The van der Waals surface area contributed by atoms with Gasteiger partial charge in [0.05, 0.1) is 0 Å². The average Bonchev–Trinajstić information content (AvgIpc) is 2.48. The minimum atomic E-state index is -0.0785. The van der Waals surface area contributed by atoms with Crippen LogP contribution in [0.3, 0.4) is 0 Å². The Kier molecular flexibility index (Phi) is 7.51. The van der Waals surface area contributed by atoms with Gasteiger partial charge in [-0.1, -0.05) is 26.7 Å². The molecule has 1 aromatic rings. The van der Waals surface area contributed by atoms with Gasteiger partial charge in [-0.15, -0.1) is 0 Å². The van der Waals surface area contributed by atoms with Gasteiger partial charge in [0.1, 0.15) is 0 Å². The molecule has 4 nitrogen and oxygen atoms in total. The SMILES string of the molecule is CCCCCC(=O)Nc1ccc(C(=O)NC(C)CC)cc1. The van der Waals surface area contributed by atoms with E-state index in [4.69, 9.17) is 0 Å². The fourth-order valence-corrected chi connectivity index (χ4v) is 1.87. The predicted molar refractivity (Wildman–Crippen MR) is 86.4 cm³/mol. The zero-order valence-corrected chi connectivity index (χ0v) is 13.2. The first-order valence-corrected chi connectivity index (χ1v) is 7.77. The van der Waals surface area contributed by atoms with E-state index in [0.29, 0.717) is 12.0 Å². The van der Waals surface area contributed by atoms with Crippen LogP contribution in [0, 0.1) is 0 Å². The maximum Gasteiger partial charge on any atom is 0.251 e. The summed E-state index contributed by atoms with van der Waals surface area (Å²) in [6.45, 7) is 6.12. The van der Waals surface area contributed by atoms with Crippen molar-refractivity contribution >= 4 is 17.5 Å². The molecule has 2 N–H and O–H groups in total. The highest BCUT2D eigenvalue weighted by Gasteiger charge is 2.08. The van der Waals surface area contributed by atoms with Crippen molar-refractivity contribution in [2.24, 2.45) is 0 Å². The van der Waals surface area contributed by atoms with Crippen molar-refractivity contribution in [2.45, 2.75) is 58.9 Å². The first kappa shape index (κ1) is 17.2. The van der Waals surface area contributed by atoms with Crippen LogP contribution in [-0.4, -0.2) is 17.9 Å². The molecule has 116 valence electrons. The summed E-state index contributed by atoms with van der Waals surface area (Å²) in [5, 5.41) is 5.76. The minimum Gasteiger partial charge on any atom is -0.350 e. The van der Waals surface area contributed by atoms with Crippen molar-refractivity contribution in [1.82, 2.24) is 5.32 Å². The molecule has 0 aliphatic rings. The molecule has 1 atom stereocenters. The monoisotopic (exact) mass is 290 g/mol. The van der Waals surface area contributed by atoms with Crippen LogP contribution in [-0.2, 0) is 4.79 Å². The molecule has 21 heavy (non-hydrogen) atoms. The summed E-state index contributed by atoms with van der Waals surface area (Å²) in [4.78, 5) is 23.6. The molecule has 0 aromatic heterocycles. The van der Waals surface area contributed by atoms with Gasteiger partial charge in [0, 0.05) is 23.7 Å². The van der Waals surface area contributed by atoms with Gasteiger partial charge in [-0.3, -0.25) is 9.59 Å². The van der Waals surface area contributed by atoms with Crippen LogP contribution < -0.4 is 10.6 Å². The minimum absolute atomic E-state index is 0.0280. The third kappa shape index (κ3) is 6.43. The van der Waals surface area contributed by atoms with E-state index < -0.39 is 0 Å². The van der Waals surface area contributed by atoms with E-state index in [0.717, 1.165) is 31.4 Å². The van der Waals surface area contributed by atoms with Crippen molar-refractivity contribution in [3.63, 3.8) is 0 Å². The Morgan fingerprint density at radius 2 is 1.76 bits per heavy atom. The lowest BCUT2D eigenvalue weighted by Gasteiger charge is -2.11. The second-order valence-electron chi connectivity index (χ2n) is 5.37. The maximum absolute atomic E-state index is 11.9. The quantitative estimate of drug-likeness (QED) is 0.717. The summed E-state index contributed by atoms with van der Waals surface area (Å²) in [7, 11) is 0. The molecular weight excluding hydrogens is 264 g/mol. The zero-order valence-electron chi connectivity index (χ0n) is 13.2. The number of nitrogens with one attached hydrogen (secondary N) is 2. The molecule has 0 aliphatic heterocycles. The first-order valence-electron chi connectivity index (χ1n) is 7.77. The van der Waals surface area contributed by atoms with Crippen LogP contribution in [0.5, 0.6) is 0 Å². The smallest absolute Gasteiger partial charge is 0.251 e. The molecule has 0 heterocycles. The first-order chi connectivity index (χ1) is 10.1. The lowest BCUT2D eigenvalue weighted by molar-refractivity contribution is -0.116. The van der Waals surface area contributed by atoms with E-state index in [1.165, 1.54) is 0 Å². The van der Waals surface area contributed by atoms with E-state index in [1.807, 2.05) is 13.8 Å². The van der Waals surface area contributed by atoms with Gasteiger partial charge in [0.25, 0.3) is 5.91 Å². The number of amides is 2. The van der Waals surface area contributed by atoms with Crippen molar-refractivity contribution in [2.75, 3.05) is 5.32 Å². The molecular formula is C17H26N2O2. The fourth-order valence-electron chi connectivity index (χ4n) is 1.87. The topological polar surface area (TPSA) is 58.2 Å². The number of hydrogen-bond acceptors (Lipinski definition) is 2. The van der Waals surface area contributed by atoms with Crippen molar-refractivity contribution in [3.8, 4) is 0 Å². The van der Waals surface area contributed by atoms with Gasteiger partial charge in [-0.2, -0.15) is 0 Å². The fraction of sp³-hybridized carbons (Fsp3) is 0.529. The second-order valence-corrected chi connectivity index (χ2v) is 5.37. The van der Waals surface area contributed by atoms with E-state index >= 15 is 0 Å². The van der Waals surface area contributed by atoms with Crippen LogP contribution in [0.25, 0.3) is 0 Å². The number of carbonyl (C=O) groups excluding carboxylic acids is 2. The third-order valence-corrected chi connectivity index (χ3v) is 3.43. The standard InChI is InChI=1S/C17H26N2O2/c1-4-6-7-8-16(20)19-15-11-9-14(10-12-15)17(21)18-13(3)5-2/h9-13H,4-8H2,1-3H3,(H,18,21)(H,19,20). The summed E-state index contributed by atoms with van der Waals surface area (Å²) in [5.41, 5.74) is 1.34. The molecule has 0 radical (unpaired) electrons. The number of benzene rings is 1. The summed E-state index contributed by atoms with van der Waals surface area (Å²) < 4.78 is 0. The van der Waals surface area contributed by atoms with E-state index in [-0.39, 0.29) is 17.9 Å². The summed E-state index contributed by atoms with van der Waals surface area (Å²) >= 11 is 0. The molecule has 2 amide bonds. The van der Waals surface area contributed by atoms with Gasteiger partial charge >= 0.3 is 0 Å². The van der Waals surface area contributed by atoms with Gasteiger partial charge < -0.3 is 10.6 Å². The highest BCUT2D eigenvalue weighted by molar-refractivity contribution is 5.95. The number of hydrogen-bond donors (Lipinski definition) is 2. The molecule has 0 bridgehead atoms. The van der Waals surface area contributed by atoms with E-state index in [9.17, 15) is 9.59 Å². The van der Waals surface area contributed by atoms with Gasteiger partial charge in [-0.25, -0.2) is 0 Å².